The summed E-state index contributed by atoms with van der Waals surface area (Å²) >= 11 is 0. The maximum absolute atomic E-state index is 12.2. The molecule has 122 valence electrons. The van der Waals surface area contributed by atoms with Crippen molar-refractivity contribution >= 4 is 11.9 Å². The van der Waals surface area contributed by atoms with Gasteiger partial charge in [0.15, 0.2) is 17.1 Å². The second-order valence-electron chi connectivity index (χ2n) is 6.29. The van der Waals surface area contributed by atoms with Crippen LogP contribution in [-0.4, -0.2) is 35.4 Å². The molecule has 0 aliphatic rings. The lowest BCUT2D eigenvalue weighted by Gasteiger charge is -2.29. The van der Waals surface area contributed by atoms with Crippen molar-refractivity contribution in [3.8, 4) is 11.5 Å². The van der Waals surface area contributed by atoms with Crippen LogP contribution in [0.4, 0.5) is 0 Å². The highest BCUT2D eigenvalue weighted by Crippen LogP contribution is 2.32. The van der Waals surface area contributed by atoms with E-state index in [0.29, 0.717) is 0 Å². The highest BCUT2D eigenvalue weighted by atomic mass is 16.6. The molecular formula is C16H22O6. The fourth-order valence-corrected chi connectivity index (χ4v) is 1.60. The molecule has 0 radical (unpaired) electrons. The first-order valence-electron chi connectivity index (χ1n) is 6.80. The second-order valence-corrected chi connectivity index (χ2v) is 6.29. The van der Waals surface area contributed by atoms with Gasteiger partial charge in [0.25, 0.3) is 0 Å². The number of benzene rings is 1. The van der Waals surface area contributed by atoms with Crippen molar-refractivity contribution in [3.63, 3.8) is 0 Å². The van der Waals surface area contributed by atoms with Gasteiger partial charge in [0.2, 0.25) is 0 Å². The van der Waals surface area contributed by atoms with Crippen LogP contribution in [0.5, 0.6) is 11.5 Å². The van der Waals surface area contributed by atoms with Crippen molar-refractivity contribution in [2.45, 2.75) is 45.8 Å². The van der Waals surface area contributed by atoms with Crippen LogP contribution in [0.2, 0.25) is 0 Å². The first kappa shape index (κ1) is 17.8. The Bertz CT molecular complexity index is 568. The number of methoxy groups -OCH3 is 1. The molecule has 1 N–H and O–H groups in total. The van der Waals surface area contributed by atoms with Crippen molar-refractivity contribution in [2.24, 2.45) is 0 Å². The Hall–Kier alpha value is -2.24. The number of esters is 1. The van der Waals surface area contributed by atoms with Gasteiger partial charge in [-0.05, 0) is 52.8 Å². The fraction of sp³-hybridized carbons (Fsp3) is 0.500. The summed E-state index contributed by atoms with van der Waals surface area (Å²) in [5.41, 5.74) is -1.81. The van der Waals surface area contributed by atoms with E-state index in [1.807, 2.05) is 0 Å². The maximum atomic E-state index is 12.2. The Morgan fingerprint density at radius 2 is 1.64 bits per heavy atom. The Morgan fingerprint density at radius 3 is 2.09 bits per heavy atom. The standard InChI is InChI=1S/C16H22O6/c1-15(2,3)22-14(19)16(4,5)21-11-8-7-10(13(17)18)9-12(11)20-6/h7-9H,1-6H3,(H,17,18). The van der Waals surface area contributed by atoms with Crippen molar-refractivity contribution in [1.82, 2.24) is 0 Å². The number of carboxylic acid groups (broad SMARTS) is 1. The normalized spacial score (nSPS) is 11.7. The van der Waals surface area contributed by atoms with Gasteiger partial charge in [-0.15, -0.1) is 0 Å². The minimum Gasteiger partial charge on any atom is -0.493 e. The van der Waals surface area contributed by atoms with E-state index in [1.54, 1.807) is 34.6 Å². The van der Waals surface area contributed by atoms with Crippen LogP contribution in [0.15, 0.2) is 18.2 Å². The van der Waals surface area contributed by atoms with Crippen LogP contribution in [0.3, 0.4) is 0 Å². The first-order valence-corrected chi connectivity index (χ1v) is 6.80. The monoisotopic (exact) mass is 310 g/mol. The summed E-state index contributed by atoms with van der Waals surface area (Å²) in [6.07, 6.45) is 0. The Labute approximate surface area is 130 Å². The predicted octanol–water partition coefficient (Wildman–Crippen LogP) is 2.89. The molecule has 0 saturated carbocycles. The summed E-state index contributed by atoms with van der Waals surface area (Å²) < 4.78 is 16.1. The lowest BCUT2D eigenvalue weighted by Crippen LogP contribution is -2.43. The Balaban J connectivity index is 3.02. The van der Waals surface area contributed by atoms with Gasteiger partial charge in [0.1, 0.15) is 5.60 Å². The molecule has 6 nitrogen and oxygen atoms in total. The first-order chi connectivity index (χ1) is 9.96. The van der Waals surface area contributed by atoms with Gasteiger partial charge in [-0.25, -0.2) is 9.59 Å². The van der Waals surface area contributed by atoms with Crippen LogP contribution in [-0.2, 0) is 9.53 Å². The van der Waals surface area contributed by atoms with Gasteiger partial charge in [-0.1, -0.05) is 0 Å². The quantitative estimate of drug-likeness (QED) is 0.842. The largest absolute Gasteiger partial charge is 0.493 e. The average Bonchev–Trinajstić information content (AvgIpc) is 2.36. The molecule has 0 saturated heterocycles. The molecule has 0 bridgehead atoms. The third-order valence-corrected chi connectivity index (χ3v) is 2.67. The molecule has 22 heavy (non-hydrogen) atoms. The summed E-state index contributed by atoms with van der Waals surface area (Å²) in [7, 11) is 1.40. The second kappa shape index (κ2) is 6.25. The summed E-state index contributed by atoms with van der Waals surface area (Å²) in [5, 5.41) is 8.97. The zero-order chi connectivity index (χ0) is 17.1. The molecule has 1 aromatic carbocycles. The van der Waals surface area contributed by atoms with Crippen molar-refractivity contribution in [1.29, 1.82) is 0 Å². The zero-order valence-electron chi connectivity index (χ0n) is 13.7. The SMILES string of the molecule is COc1cc(C(=O)O)ccc1OC(C)(C)C(=O)OC(C)(C)C. The van der Waals surface area contributed by atoms with E-state index < -0.39 is 23.1 Å². The zero-order valence-corrected chi connectivity index (χ0v) is 13.7. The summed E-state index contributed by atoms with van der Waals surface area (Å²) in [4.78, 5) is 23.1. The molecule has 0 amide bonds. The molecule has 6 heteroatoms. The van der Waals surface area contributed by atoms with Crippen LogP contribution in [0.25, 0.3) is 0 Å². The minimum atomic E-state index is -1.24. The van der Waals surface area contributed by atoms with Crippen LogP contribution >= 0.6 is 0 Å². The van der Waals surface area contributed by atoms with Crippen molar-refractivity contribution in [3.05, 3.63) is 23.8 Å². The van der Waals surface area contributed by atoms with E-state index in [2.05, 4.69) is 0 Å². The molecular weight excluding hydrogens is 288 g/mol. The number of aromatic carboxylic acids is 1. The molecule has 0 aromatic heterocycles. The molecule has 0 fully saturated rings. The number of ether oxygens (including phenoxy) is 3. The van der Waals surface area contributed by atoms with E-state index in [4.69, 9.17) is 19.3 Å². The number of carboxylic acids is 1. The predicted molar refractivity (Wildman–Crippen MR) is 80.5 cm³/mol. The summed E-state index contributed by atoms with van der Waals surface area (Å²) in [6.45, 7) is 8.45. The molecule has 0 unspecified atom stereocenters. The van der Waals surface area contributed by atoms with Gasteiger partial charge in [-0.3, -0.25) is 0 Å². The smallest absolute Gasteiger partial charge is 0.350 e. The van der Waals surface area contributed by atoms with E-state index in [9.17, 15) is 9.59 Å². The molecule has 0 spiro atoms. The average molecular weight is 310 g/mol. The van der Waals surface area contributed by atoms with E-state index >= 15 is 0 Å². The topological polar surface area (TPSA) is 82.1 Å². The number of carbonyl (C=O) groups excluding carboxylic acids is 1. The molecule has 0 aliphatic carbocycles. The van der Waals surface area contributed by atoms with Crippen LogP contribution in [0.1, 0.15) is 45.0 Å². The van der Waals surface area contributed by atoms with Gasteiger partial charge in [0.05, 0.1) is 12.7 Å². The third-order valence-electron chi connectivity index (χ3n) is 2.67. The summed E-state index contributed by atoms with van der Waals surface area (Å²) in [5.74, 6) is -1.10. The lowest BCUT2D eigenvalue weighted by molar-refractivity contribution is -0.171. The van der Waals surface area contributed by atoms with Gasteiger partial charge >= 0.3 is 11.9 Å². The lowest BCUT2D eigenvalue weighted by atomic mass is 10.1. The fourth-order valence-electron chi connectivity index (χ4n) is 1.60. The molecule has 0 aliphatic heterocycles. The van der Waals surface area contributed by atoms with Crippen molar-refractivity contribution < 1.29 is 28.9 Å². The highest BCUT2D eigenvalue weighted by Gasteiger charge is 2.35. The Kier molecular flexibility index (Phi) is 5.06. The van der Waals surface area contributed by atoms with Gasteiger partial charge in [0, 0.05) is 0 Å². The van der Waals surface area contributed by atoms with E-state index in [-0.39, 0.29) is 17.1 Å². The maximum Gasteiger partial charge on any atom is 0.350 e. The highest BCUT2D eigenvalue weighted by molar-refractivity contribution is 5.88. The minimum absolute atomic E-state index is 0.0688. The number of rotatable bonds is 5. The van der Waals surface area contributed by atoms with Gasteiger partial charge < -0.3 is 19.3 Å². The van der Waals surface area contributed by atoms with Gasteiger partial charge in [-0.2, -0.15) is 0 Å². The van der Waals surface area contributed by atoms with Crippen molar-refractivity contribution in [2.75, 3.05) is 7.11 Å². The Morgan fingerprint density at radius 1 is 1.05 bits per heavy atom. The molecule has 1 aromatic rings. The number of carbonyl (C=O) groups is 2. The molecule has 0 heterocycles. The van der Waals surface area contributed by atoms with Crippen LogP contribution in [0, 0.1) is 0 Å². The summed E-state index contributed by atoms with van der Waals surface area (Å²) in [6, 6.07) is 4.17. The third kappa shape index (κ3) is 4.65. The number of hydrogen-bond donors (Lipinski definition) is 1. The van der Waals surface area contributed by atoms with E-state index in [0.717, 1.165) is 0 Å². The number of hydrogen-bond acceptors (Lipinski definition) is 5. The van der Waals surface area contributed by atoms with E-state index in [1.165, 1.54) is 25.3 Å². The molecule has 1 rings (SSSR count). The van der Waals surface area contributed by atoms with Crippen LogP contribution < -0.4 is 9.47 Å². The molecule has 0 atom stereocenters.